The first-order valence-electron chi connectivity index (χ1n) is 22.3. The van der Waals surface area contributed by atoms with E-state index in [4.69, 9.17) is 23.7 Å². The van der Waals surface area contributed by atoms with Crippen molar-refractivity contribution in [3.8, 4) is 34.8 Å². The van der Waals surface area contributed by atoms with Gasteiger partial charge in [-0.15, -0.1) is 0 Å². The molecule has 0 radical (unpaired) electrons. The van der Waals surface area contributed by atoms with Crippen molar-refractivity contribution in [2.24, 2.45) is 5.92 Å². The van der Waals surface area contributed by atoms with Crippen LogP contribution in [-0.2, 0) is 37.5 Å². The smallest absolute Gasteiger partial charge is 0.324 e. The Bertz CT molecular complexity index is 2910. The number of anilines is 1. The summed E-state index contributed by atoms with van der Waals surface area (Å²) in [7, 11) is 4.77. The summed E-state index contributed by atoms with van der Waals surface area (Å²) >= 11 is 0. The summed E-state index contributed by atoms with van der Waals surface area (Å²) in [5, 5.41) is 13.0. The summed E-state index contributed by atoms with van der Waals surface area (Å²) in [6.07, 6.45) is -0.325. The number of benzene rings is 6. The third-order valence-corrected chi connectivity index (χ3v) is 13.6. The molecule has 0 aliphatic carbocycles. The molecule has 0 aromatic heterocycles. The monoisotopic (exact) mass is 895 g/mol. The van der Waals surface area contributed by atoms with E-state index in [-0.39, 0.29) is 25.7 Å². The van der Waals surface area contributed by atoms with Gasteiger partial charge in [-0.3, -0.25) is 19.3 Å². The molecule has 4 heterocycles. The second kappa shape index (κ2) is 18.0. The van der Waals surface area contributed by atoms with Gasteiger partial charge in [-0.05, 0) is 107 Å². The first-order valence-corrected chi connectivity index (χ1v) is 22.3. The number of cyclic esters (lactones) is 1. The Labute approximate surface area is 389 Å². The Morgan fingerprint density at radius 2 is 1.40 bits per heavy atom. The molecular formula is C55H49N3O9. The number of rotatable bonds is 10. The Morgan fingerprint density at radius 1 is 0.731 bits per heavy atom. The summed E-state index contributed by atoms with van der Waals surface area (Å²) < 4.78 is 29.4. The third kappa shape index (κ3) is 7.50. The fourth-order valence-corrected chi connectivity index (χ4v) is 10.7. The summed E-state index contributed by atoms with van der Waals surface area (Å²) in [6, 6.07) is 40.7. The summed E-state index contributed by atoms with van der Waals surface area (Å²) in [5.41, 5.74) is 4.80. The highest BCUT2D eigenvalue weighted by molar-refractivity contribution is 6.12. The molecule has 6 atom stereocenters. The molecule has 0 saturated carbocycles. The molecule has 2 amide bonds. The van der Waals surface area contributed by atoms with Crippen LogP contribution in [0.2, 0.25) is 0 Å². The van der Waals surface area contributed by atoms with Crippen LogP contribution in [0.5, 0.6) is 23.0 Å². The second-order valence-electron chi connectivity index (χ2n) is 17.1. The molecule has 4 aliphatic heterocycles. The largest absolute Gasteiger partial charge is 0.497 e. The number of carbonyl (C=O) groups excluding carboxylic acids is 3. The van der Waals surface area contributed by atoms with Gasteiger partial charge in [-0.2, -0.15) is 0 Å². The van der Waals surface area contributed by atoms with E-state index >= 15 is 14.4 Å². The summed E-state index contributed by atoms with van der Waals surface area (Å²) in [5.74, 6) is 6.14. The standard InChI is InChI=1S/C55H49N3O9/c1-63-41-22-19-34(20-23-41)17-18-35-21-24-44-43(29-35)55(54(62)56-44)47(52(60)57-26-25-38-31-45(64-2)46(65-3)32-40(38)33-57)49-53(61)67-50(37-13-8-5-9-14-37)48(36-11-6-4-7-12-36)58(49)51(55)39-15-10-16-42(30-39)66-28-27-59/h4-16,19-24,29-32,47-51,59H,25-28,33H2,1-3H3,(H,56,62)/t47-,48-,49-,50+,51+,55-/m1/s1. The Balaban J connectivity index is 1.22. The van der Waals surface area contributed by atoms with E-state index in [9.17, 15) is 5.11 Å². The van der Waals surface area contributed by atoms with E-state index in [0.717, 1.165) is 27.8 Å². The topological polar surface area (TPSA) is 136 Å². The summed E-state index contributed by atoms with van der Waals surface area (Å²) in [6.45, 7) is 0.348. The molecule has 67 heavy (non-hydrogen) atoms. The number of amides is 2. The van der Waals surface area contributed by atoms with Gasteiger partial charge >= 0.3 is 5.97 Å². The molecule has 2 N–H and O–H groups in total. The number of hydrogen-bond donors (Lipinski definition) is 2. The van der Waals surface area contributed by atoms with Crippen LogP contribution in [-0.4, -0.2) is 79.8 Å². The van der Waals surface area contributed by atoms with Gasteiger partial charge in [0.05, 0.1) is 45.9 Å². The first-order chi connectivity index (χ1) is 32.8. The SMILES string of the molecule is COc1ccc(C#Cc2ccc3c(c2)[C@]2(C(=O)N3)[C@H](c3cccc(OCCO)c3)N3[C@H](c4ccccc4)[C@H](c4ccccc4)OC(=O)[C@H]3[C@@H]2C(=O)N2CCc3cc(OC)c(OC)cc3C2)cc1. The number of carbonyl (C=O) groups is 3. The second-order valence-corrected chi connectivity index (χ2v) is 17.1. The molecule has 2 saturated heterocycles. The van der Waals surface area contributed by atoms with Crippen molar-refractivity contribution in [1.29, 1.82) is 0 Å². The van der Waals surface area contributed by atoms with Crippen molar-refractivity contribution in [3.63, 3.8) is 0 Å². The number of nitrogens with one attached hydrogen (secondary N) is 1. The minimum atomic E-state index is -1.74. The molecule has 0 bridgehead atoms. The molecule has 6 aromatic rings. The number of nitrogens with zero attached hydrogens (tertiary/aromatic N) is 2. The van der Waals surface area contributed by atoms with Crippen molar-refractivity contribution >= 4 is 23.5 Å². The average molecular weight is 896 g/mol. The van der Waals surface area contributed by atoms with E-state index in [0.29, 0.717) is 58.3 Å². The fourth-order valence-electron chi connectivity index (χ4n) is 10.7. The van der Waals surface area contributed by atoms with Crippen LogP contribution in [0.15, 0.2) is 140 Å². The summed E-state index contributed by atoms with van der Waals surface area (Å²) in [4.78, 5) is 51.3. The normalized spacial score (nSPS) is 22.6. The molecular weight excluding hydrogens is 847 g/mol. The van der Waals surface area contributed by atoms with Gasteiger partial charge in [0, 0.05) is 29.9 Å². The number of ether oxygens (including phenoxy) is 5. The molecule has 0 unspecified atom stereocenters. The number of esters is 1. The molecule has 338 valence electrons. The maximum atomic E-state index is 16.2. The van der Waals surface area contributed by atoms with Gasteiger partial charge in [0.25, 0.3) is 0 Å². The van der Waals surface area contributed by atoms with Gasteiger partial charge in [0.1, 0.15) is 35.7 Å². The minimum Gasteiger partial charge on any atom is -0.497 e. The highest BCUT2D eigenvalue weighted by Crippen LogP contribution is 2.65. The van der Waals surface area contributed by atoms with Crippen LogP contribution in [0.3, 0.4) is 0 Å². The quantitative estimate of drug-likeness (QED) is 0.106. The van der Waals surface area contributed by atoms with Crippen LogP contribution >= 0.6 is 0 Å². The molecule has 10 rings (SSSR count). The number of aliphatic hydroxyl groups excluding tert-OH is 1. The van der Waals surface area contributed by atoms with Gasteiger partial charge in [-0.1, -0.05) is 84.6 Å². The van der Waals surface area contributed by atoms with Gasteiger partial charge in [-0.25, -0.2) is 0 Å². The number of morpholine rings is 1. The average Bonchev–Trinajstić information content (AvgIpc) is 3.85. The van der Waals surface area contributed by atoms with Crippen LogP contribution in [0, 0.1) is 17.8 Å². The molecule has 12 heteroatoms. The van der Waals surface area contributed by atoms with E-state index in [1.807, 2.05) is 133 Å². The van der Waals surface area contributed by atoms with Crippen molar-refractivity contribution in [1.82, 2.24) is 9.80 Å². The van der Waals surface area contributed by atoms with Crippen LogP contribution in [0.1, 0.15) is 62.7 Å². The number of fused-ring (bicyclic) bond motifs is 4. The molecule has 12 nitrogen and oxygen atoms in total. The Hall–Kier alpha value is -7.59. The zero-order chi connectivity index (χ0) is 46.2. The van der Waals surface area contributed by atoms with Crippen LogP contribution < -0.4 is 24.3 Å². The lowest BCUT2D eigenvalue weighted by molar-refractivity contribution is -0.179. The Morgan fingerprint density at radius 3 is 2.10 bits per heavy atom. The van der Waals surface area contributed by atoms with Gasteiger partial charge < -0.3 is 39.0 Å². The van der Waals surface area contributed by atoms with E-state index in [1.54, 1.807) is 32.3 Å². The van der Waals surface area contributed by atoms with E-state index in [2.05, 4.69) is 22.1 Å². The molecule has 1 spiro atoms. The number of methoxy groups -OCH3 is 3. The van der Waals surface area contributed by atoms with Crippen molar-refractivity contribution in [2.45, 2.75) is 42.6 Å². The first kappa shape index (κ1) is 43.3. The fraction of sp³-hybridized carbons (Fsp3) is 0.255. The molecule has 6 aromatic carbocycles. The zero-order valence-electron chi connectivity index (χ0n) is 37.3. The van der Waals surface area contributed by atoms with Crippen LogP contribution in [0.25, 0.3) is 0 Å². The van der Waals surface area contributed by atoms with Gasteiger partial charge in [0.2, 0.25) is 11.8 Å². The predicted octanol–water partition coefficient (Wildman–Crippen LogP) is 7.34. The van der Waals surface area contributed by atoms with Gasteiger partial charge in [0.15, 0.2) is 11.5 Å². The van der Waals surface area contributed by atoms with Crippen molar-refractivity contribution in [2.75, 3.05) is 46.4 Å². The van der Waals surface area contributed by atoms with Crippen molar-refractivity contribution < 1.29 is 43.2 Å². The van der Waals surface area contributed by atoms with E-state index in [1.165, 1.54) is 0 Å². The van der Waals surface area contributed by atoms with Crippen molar-refractivity contribution in [3.05, 3.63) is 184 Å². The van der Waals surface area contributed by atoms with Crippen LogP contribution in [0.4, 0.5) is 5.69 Å². The van der Waals surface area contributed by atoms with E-state index < -0.39 is 47.4 Å². The highest BCUT2D eigenvalue weighted by Gasteiger charge is 2.74. The molecule has 2 fully saturated rings. The highest BCUT2D eigenvalue weighted by atomic mass is 16.6. The minimum absolute atomic E-state index is 0.0361. The maximum absolute atomic E-state index is 16.2. The predicted molar refractivity (Wildman–Crippen MR) is 250 cm³/mol. The lowest BCUT2D eigenvalue weighted by Crippen LogP contribution is -2.56. The Kier molecular flexibility index (Phi) is 11.6. The lowest BCUT2D eigenvalue weighted by atomic mass is 9.64. The number of hydrogen-bond acceptors (Lipinski definition) is 10. The molecule has 4 aliphatic rings. The number of aliphatic hydroxyl groups is 1. The maximum Gasteiger partial charge on any atom is 0.324 e. The lowest BCUT2D eigenvalue weighted by Gasteiger charge is -2.46. The zero-order valence-corrected chi connectivity index (χ0v) is 37.3. The third-order valence-electron chi connectivity index (χ3n) is 13.6.